The number of rotatable bonds is 7. The highest BCUT2D eigenvalue weighted by atomic mass is 35.5. The van der Waals surface area contributed by atoms with Crippen molar-refractivity contribution in [3.8, 4) is 22.9 Å². The summed E-state index contributed by atoms with van der Waals surface area (Å²) >= 11 is 6.14. The summed E-state index contributed by atoms with van der Waals surface area (Å²) in [4.78, 5) is 4.33. The van der Waals surface area contributed by atoms with Crippen LogP contribution in [-0.2, 0) is 16.4 Å². The van der Waals surface area contributed by atoms with Crippen LogP contribution in [0.5, 0.6) is 11.5 Å². The van der Waals surface area contributed by atoms with Crippen LogP contribution in [0.4, 0.5) is 5.69 Å². The SMILES string of the molecule is CCc1nc(-c2ccc(C)c(S(=O)(=O)Nc3cc(Cl)c(OC)cc3OC)c2)no1. The molecule has 1 aromatic heterocycles. The van der Waals surface area contributed by atoms with Crippen LogP contribution in [0.3, 0.4) is 0 Å². The number of hydrogen-bond acceptors (Lipinski definition) is 7. The first-order valence-electron chi connectivity index (χ1n) is 8.67. The predicted octanol–water partition coefficient (Wildman–Crippen LogP) is 4.08. The van der Waals surface area contributed by atoms with Gasteiger partial charge in [0.1, 0.15) is 11.5 Å². The lowest BCUT2D eigenvalue weighted by Crippen LogP contribution is -2.15. The first-order valence-corrected chi connectivity index (χ1v) is 10.5. The Labute approximate surface area is 173 Å². The molecule has 0 amide bonds. The molecule has 0 saturated heterocycles. The quantitative estimate of drug-likeness (QED) is 0.593. The van der Waals surface area contributed by atoms with Crippen LogP contribution in [0.1, 0.15) is 18.4 Å². The molecule has 3 rings (SSSR count). The Morgan fingerprint density at radius 3 is 2.48 bits per heavy atom. The fourth-order valence-electron chi connectivity index (χ4n) is 2.68. The van der Waals surface area contributed by atoms with E-state index in [4.69, 9.17) is 25.6 Å². The average Bonchev–Trinajstić information content (AvgIpc) is 3.17. The van der Waals surface area contributed by atoms with E-state index in [2.05, 4.69) is 14.9 Å². The van der Waals surface area contributed by atoms with Gasteiger partial charge in [-0.15, -0.1) is 0 Å². The lowest BCUT2D eigenvalue weighted by Gasteiger charge is -2.15. The molecule has 0 saturated carbocycles. The van der Waals surface area contributed by atoms with Gasteiger partial charge >= 0.3 is 0 Å². The average molecular weight is 438 g/mol. The molecule has 0 unspecified atom stereocenters. The molecule has 10 heteroatoms. The van der Waals surface area contributed by atoms with Crippen LogP contribution < -0.4 is 14.2 Å². The van der Waals surface area contributed by atoms with Crippen molar-refractivity contribution >= 4 is 27.3 Å². The lowest BCUT2D eigenvalue weighted by atomic mass is 10.1. The molecule has 1 heterocycles. The number of hydrogen-bond donors (Lipinski definition) is 1. The number of halogens is 1. The third kappa shape index (κ3) is 4.30. The van der Waals surface area contributed by atoms with E-state index in [0.29, 0.717) is 35.0 Å². The molecule has 3 aromatic rings. The number of ether oxygens (including phenoxy) is 2. The molecule has 0 atom stereocenters. The second kappa shape index (κ2) is 8.30. The highest BCUT2D eigenvalue weighted by Crippen LogP contribution is 2.37. The molecule has 0 aliphatic rings. The molecule has 0 radical (unpaired) electrons. The van der Waals surface area contributed by atoms with Gasteiger partial charge in [0.2, 0.25) is 11.7 Å². The smallest absolute Gasteiger partial charge is 0.262 e. The Morgan fingerprint density at radius 1 is 1.14 bits per heavy atom. The minimum absolute atomic E-state index is 0.0758. The molecule has 0 aliphatic carbocycles. The Bertz CT molecular complexity index is 1140. The molecule has 0 aliphatic heterocycles. The summed E-state index contributed by atoms with van der Waals surface area (Å²) in [7, 11) is -1.07. The molecule has 0 fully saturated rings. The number of nitrogens with one attached hydrogen (secondary N) is 1. The summed E-state index contributed by atoms with van der Waals surface area (Å²) in [5.41, 5.74) is 1.27. The summed E-state index contributed by atoms with van der Waals surface area (Å²) in [5, 5.41) is 4.15. The van der Waals surface area contributed by atoms with Crippen molar-refractivity contribution in [2.75, 3.05) is 18.9 Å². The third-order valence-electron chi connectivity index (χ3n) is 4.22. The summed E-state index contributed by atoms with van der Waals surface area (Å²) in [5.74, 6) is 1.44. The van der Waals surface area contributed by atoms with Crippen molar-refractivity contribution in [1.82, 2.24) is 10.1 Å². The van der Waals surface area contributed by atoms with Gasteiger partial charge in [-0.1, -0.05) is 35.8 Å². The highest BCUT2D eigenvalue weighted by Gasteiger charge is 2.22. The Morgan fingerprint density at radius 2 is 1.86 bits per heavy atom. The fourth-order valence-corrected chi connectivity index (χ4v) is 4.26. The highest BCUT2D eigenvalue weighted by molar-refractivity contribution is 7.92. The number of aromatic nitrogens is 2. The Balaban J connectivity index is 2.02. The first-order chi connectivity index (χ1) is 13.8. The molecule has 0 bridgehead atoms. The molecule has 8 nitrogen and oxygen atoms in total. The largest absolute Gasteiger partial charge is 0.495 e. The minimum atomic E-state index is -3.96. The number of aryl methyl sites for hydroxylation is 2. The number of benzene rings is 2. The second-order valence-corrected chi connectivity index (χ2v) is 8.20. The van der Waals surface area contributed by atoms with Crippen LogP contribution in [-0.4, -0.2) is 32.8 Å². The van der Waals surface area contributed by atoms with Gasteiger partial charge in [0, 0.05) is 18.1 Å². The van der Waals surface area contributed by atoms with Crippen molar-refractivity contribution in [2.45, 2.75) is 25.2 Å². The summed E-state index contributed by atoms with van der Waals surface area (Å²) in [6.45, 7) is 3.59. The van der Waals surface area contributed by atoms with Gasteiger partial charge in [0.05, 0.1) is 29.8 Å². The summed E-state index contributed by atoms with van der Waals surface area (Å²) in [6, 6.07) is 7.87. The third-order valence-corrected chi connectivity index (χ3v) is 6.03. The monoisotopic (exact) mass is 437 g/mol. The van der Waals surface area contributed by atoms with Crippen molar-refractivity contribution in [3.63, 3.8) is 0 Å². The topological polar surface area (TPSA) is 104 Å². The fraction of sp³-hybridized carbons (Fsp3) is 0.263. The van der Waals surface area contributed by atoms with Crippen LogP contribution in [0, 0.1) is 6.92 Å². The zero-order valence-corrected chi connectivity index (χ0v) is 17.9. The van der Waals surface area contributed by atoms with Gasteiger partial charge in [0.25, 0.3) is 10.0 Å². The molecule has 2 aromatic carbocycles. The van der Waals surface area contributed by atoms with Crippen molar-refractivity contribution < 1.29 is 22.4 Å². The van der Waals surface area contributed by atoms with Crippen LogP contribution >= 0.6 is 11.6 Å². The van der Waals surface area contributed by atoms with E-state index in [-0.39, 0.29) is 21.4 Å². The van der Waals surface area contributed by atoms with E-state index in [9.17, 15) is 8.42 Å². The minimum Gasteiger partial charge on any atom is -0.495 e. The van der Waals surface area contributed by atoms with Crippen LogP contribution in [0.25, 0.3) is 11.4 Å². The number of nitrogens with zero attached hydrogens (tertiary/aromatic N) is 2. The summed E-state index contributed by atoms with van der Waals surface area (Å²) in [6.07, 6.45) is 0.587. The van der Waals surface area contributed by atoms with E-state index in [0.717, 1.165) is 0 Å². The van der Waals surface area contributed by atoms with E-state index >= 15 is 0 Å². The van der Waals surface area contributed by atoms with Gasteiger partial charge in [-0.2, -0.15) is 4.98 Å². The molecule has 154 valence electrons. The van der Waals surface area contributed by atoms with E-state index in [1.807, 2.05) is 6.92 Å². The van der Waals surface area contributed by atoms with E-state index in [1.165, 1.54) is 32.4 Å². The maximum atomic E-state index is 13.1. The van der Waals surface area contributed by atoms with Crippen LogP contribution in [0.15, 0.2) is 39.8 Å². The maximum Gasteiger partial charge on any atom is 0.262 e. The lowest BCUT2D eigenvalue weighted by molar-refractivity contribution is 0.383. The van der Waals surface area contributed by atoms with Gasteiger partial charge in [-0.3, -0.25) is 4.72 Å². The molecule has 1 N–H and O–H groups in total. The summed E-state index contributed by atoms with van der Waals surface area (Å²) < 4.78 is 44.2. The molecular weight excluding hydrogens is 418 g/mol. The molecule has 0 spiro atoms. The van der Waals surface area contributed by atoms with Gasteiger partial charge in [-0.05, 0) is 24.6 Å². The Kier molecular flexibility index (Phi) is 5.99. The van der Waals surface area contributed by atoms with Crippen molar-refractivity contribution in [2.24, 2.45) is 0 Å². The second-order valence-electron chi connectivity index (χ2n) is 6.14. The maximum absolute atomic E-state index is 13.1. The van der Waals surface area contributed by atoms with E-state index < -0.39 is 10.0 Å². The number of sulfonamides is 1. The van der Waals surface area contributed by atoms with Crippen LogP contribution in [0.2, 0.25) is 5.02 Å². The zero-order valence-electron chi connectivity index (χ0n) is 16.3. The van der Waals surface area contributed by atoms with E-state index in [1.54, 1.807) is 19.1 Å². The van der Waals surface area contributed by atoms with Gasteiger partial charge in [0.15, 0.2) is 0 Å². The first kappa shape index (κ1) is 20.9. The number of methoxy groups -OCH3 is 2. The molecule has 29 heavy (non-hydrogen) atoms. The van der Waals surface area contributed by atoms with Crippen molar-refractivity contribution in [3.05, 3.63) is 46.8 Å². The van der Waals surface area contributed by atoms with Crippen molar-refractivity contribution in [1.29, 1.82) is 0 Å². The molecular formula is C19H20ClN3O5S. The standard InChI is InChI=1S/C19H20ClN3O5S/c1-5-18-21-19(22-28-18)12-7-6-11(2)17(8-12)29(24,25)23-14-9-13(20)15(26-3)10-16(14)27-4/h6-10,23H,5H2,1-4H3. The van der Waals surface area contributed by atoms with Gasteiger partial charge in [-0.25, -0.2) is 8.42 Å². The number of anilines is 1. The normalized spacial score (nSPS) is 11.3. The zero-order chi connectivity index (χ0) is 21.2. The van der Waals surface area contributed by atoms with Gasteiger partial charge < -0.3 is 14.0 Å². The Hall–Kier alpha value is -2.78. The predicted molar refractivity (Wildman–Crippen MR) is 109 cm³/mol.